The first-order valence-electron chi connectivity index (χ1n) is 11.3. The molecule has 8 heteroatoms. The molecular formula is C25H37IN4O3. The summed E-state index contributed by atoms with van der Waals surface area (Å²) in [5.74, 6) is 2.59. The van der Waals surface area contributed by atoms with E-state index in [4.69, 9.17) is 14.2 Å². The first-order chi connectivity index (χ1) is 15.7. The van der Waals surface area contributed by atoms with Crippen molar-refractivity contribution in [3.05, 3.63) is 59.2 Å². The molecule has 1 heterocycles. The van der Waals surface area contributed by atoms with Gasteiger partial charge < -0.3 is 24.8 Å². The highest BCUT2D eigenvalue weighted by molar-refractivity contribution is 14.0. The minimum atomic E-state index is 0. The first kappa shape index (κ1) is 27.2. The third-order valence-electron chi connectivity index (χ3n) is 5.48. The highest BCUT2D eigenvalue weighted by Gasteiger charge is 2.10. The molecule has 3 rings (SSSR count). The standard InChI is InChI=1S/C25H36N4O3.HI/c1-20-7-8-24(30-3)22(17-20)9-10-27-25(26-2)28-19-21-5-4-6-23(18-21)32-16-13-29-11-14-31-15-12-29;/h4-8,17-18H,9-16,19H2,1-3H3,(H2,26,27,28);1H. The number of aliphatic imine (C=N–C) groups is 1. The number of aryl methyl sites for hydroxylation is 1. The monoisotopic (exact) mass is 568 g/mol. The second-order valence-electron chi connectivity index (χ2n) is 7.87. The van der Waals surface area contributed by atoms with E-state index in [1.165, 1.54) is 11.1 Å². The zero-order chi connectivity index (χ0) is 22.6. The lowest BCUT2D eigenvalue weighted by Gasteiger charge is -2.26. The number of hydrogen-bond donors (Lipinski definition) is 2. The Hall–Kier alpha value is -2.04. The van der Waals surface area contributed by atoms with Crippen molar-refractivity contribution in [2.75, 3.05) is 60.2 Å². The molecule has 0 amide bonds. The quantitative estimate of drug-likeness (QED) is 0.261. The maximum absolute atomic E-state index is 5.96. The number of ether oxygens (including phenoxy) is 3. The molecular weight excluding hydrogens is 531 g/mol. The summed E-state index contributed by atoms with van der Waals surface area (Å²) in [6.07, 6.45) is 0.859. The van der Waals surface area contributed by atoms with Crippen LogP contribution in [0.1, 0.15) is 16.7 Å². The summed E-state index contributed by atoms with van der Waals surface area (Å²) in [5.41, 5.74) is 3.57. The second-order valence-corrected chi connectivity index (χ2v) is 7.87. The molecule has 0 aromatic heterocycles. The molecule has 1 saturated heterocycles. The maximum Gasteiger partial charge on any atom is 0.191 e. The number of nitrogens with one attached hydrogen (secondary N) is 2. The van der Waals surface area contributed by atoms with Crippen molar-refractivity contribution >= 4 is 29.9 Å². The van der Waals surface area contributed by atoms with E-state index in [9.17, 15) is 0 Å². The number of nitrogens with zero attached hydrogens (tertiary/aromatic N) is 2. The predicted octanol–water partition coefficient (Wildman–Crippen LogP) is 3.24. The fourth-order valence-corrected chi connectivity index (χ4v) is 3.69. The Morgan fingerprint density at radius 3 is 2.70 bits per heavy atom. The van der Waals surface area contributed by atoms with Gasteiger partial charge in [0, 0.05) is 39.8 Å². The normalized spacial score (nSPS) is 14.3. The van der Waals surface area contributed by atoms with Crippen LogP contribution in [0.25, 0.3) is 0 Å². The van der Waals surface area contributed by atoms with Gasteiger partial charge in [-0.05, 0) is 42.7 Å². The fraction of sp³-hybridized carbons (Fsp3) is 0.480. The number of methoxy groups -OCH3 is 1. The van der Waals surface area contributed by atoms with Crippen LogP contribution in [0.4, 0.5) is 0 Å². The zero-order valence-corrected chi connectivity index (χ0v) is 22.3. The third kappa shape index (κ3) is 9.38. The minimum Gasteiger partial charge on any atom is -0.496 e. The van der Waals surface area contributed by atoms with Gasteiger partial charge in [-0.15, -0.1) is 24.0 Å². The van der Waals surface area contributed by atoms with Crippen molar-refractivity contribution in [3.8, 4) is 11.5 Å². The van der Waals surface area contributed by atoms with Gasteiger partial charge in [0.1, 0.15) is 18.1 Å². The molecule has 1 fully saturated rings. The molecule has 0 saturated carbocycles. The number of morpholine rings is 1. The van der Waals surface area contributed by atoms with Gasteiger partial charge in [-0.1, -0.05) is 29.8 Å². The van der Waals surface area contributed by atoms with Gasteiger partial charge in [0.2, 0.25) is 0 Å². The molecule has 0 atom stereocenters. The highest BCUT2D eigenvalue weighted by atomic mass is 127. The lowest BCUT2D eigenvalue weighted by Crippen LogP contribution is -2.38. The molecule has 182 valence electrons. The number of hydrogen-bond acceptors (Lipinski definition) is 5. The Labute approximate surface area is 214 Å². The Bertz CT molecular complexity index is 872. The van der Waals surface area contributed by atoms with Gasteiger partial charge in [-0.25, -0.2) is 0 Å². The maximum atomic E-state index is 5.96. The molecule has 33 heavy (non-hydrogen) atoms. The molecule has 1 aliphatic rings. The lowest BCUT2D eigenvalue weighted by atomic mass is 10.1. The van der Waals surface area contributed by atoms with E-state index in [1.807, 2.05) is 18.2 Å². The van der Waals surface area contributed by atoms with Crippen LogP contribution in [0, 0.1) is 6.92 Å². The second kappa shape index (κ2) is 15.0. The van der Waals surface area contributed by atoms with Crippen LogP contribution in [0.5, 0.6) is 11.5 Å². The summed E-state index contributed by atoms with van der Waals surface area (Å²) in [7, 11) is 3.50. The van der Waals surface area contributed by atoms with E-state index in [1.54, 1.807) is 14.2 Å². The smallest absolute Gasteiger partial charge is 0.191 e. The van der Waals surface area contributed by atoms with Crippen LogP contribution in [-0.2, 0) is 17.7 Å². The summed E-state index contributed by atoms with van der Waals surface area (Å²) in [6, 6.07) is 14.5. The van der Waals surface area contributed by atoms with Crippen LogP contribution in [0.3, 0.4) is 0 Å². The lowest BCUT2D eigenvalue weighted by molar-refractivity contribution is 0.0322. The number of rotatable bonds is 10. The van der Waals surface area contributed by atoms with Crippen LogP contribution < -0.4 is 20.1 Å². The minimum absolute atomic E-state index is 0. The van der Waals surface area contributed by atoms with Crippen LogP contribution in [0.2, 0.25) is 0 Å². The summed E-state index contributed by atoms with van der Waals surface area (Å²) in [6.45, 7) is 8.74. The molecule has 2 N–H and O–H groups in total. The van der Waals surface area contributed by atoms with E-state index >= 15 is 0 Å². The van der Waals surface area contributed by atoms with Gasteiger partial charge in [0.25, 0.3) is 0 Å². The van der Waals surface area contributed by atoms with Crippen LogP contribution >= 0.6 is 24.0 Å². The Morgan fingerprint density at radius 2 is 1.94 bits per heavy atom. The van der Waals surface area contributed by atoms with Crippen LogP contribution in [0.15, 0.2) is 47.5 Å². The van der Waals surface area contributed by atoms with E-state index in [2.05, 4.69) is 51.7 Å². The van der Waals surface area contributed by atoms with Gasteiger partial charge in [0.05, 0.1) is 20.3 Å². The average Bonchev–Trinajstić information content (AvgIpc) is 2.82. The first-order valence-corrected chi connectivity index (χ1v) is 11.3. The largest absolute Gasteiger partial charge is 0.496 e. The Balaban J connectivity index is 0.00000385. The molecule has 0 aliphatic carbocycles. The summed E-state index contributed by atoms with van der Waals surface area (Å²) < 4.78 is 16.8. The van der Waals surface area contributed by atoms with Crippen molar-refractivity contribution in [3.63, 3.8) is 0 Å². The number of guanidine groups is 1. The van der Waals surface area contributed by atoms with Crippen LogP contribution in [-0.4, -0.2) is 71.0 Å². The van der Waals surface area contributed by atoms with Gasteiger partial charge >= 0.3 is 0 Å². The molecule has 2 aromatic carbocycles. The topological polar surface area (TPSA) is 67.4 Å². The predicted molar refractivity (Wildman–Crippen MR) is 144 cm³/mol. The molecule has 0 unspecified atom stereocenters. The SMILES string of the molecule is CN=C(NCCc1cc(C)ccc1OC)NCc1cccc(OCCN2CCOCC2)c1.I. The van der Waals surface area contributed by atoms with Gasteiger partial charge in [-0.2, -0.15) is 0 Å². The zero-order valence-electron chi connectivity index (χ0n) is 19.9. The molecule has 2 aromatic rings. The molecule has 0 bridgehead atoms. The molecule has 0 radical (unpaired) electrons. The summed E-state index contributed by atoms with van der Waals surface area (Å²) in [5, 5.41) is 6.76. The van der Waals surface area contributed by atoms with Crippen molar-refractivity contribution in [1.82, 2.24) is 15.5 Å². The van der Waals surface area contributed by atoms with E-state index in [-0.39, 0.29) is 24.0 Å². The van der Waals surface area contributed by atoms with Crippen molar-refractivity contribution in [1.29, 1.82) is 0 Å². The van der Waals surface area contributed by atoms with Crippen molar-refractivity contribution < 1.29 is 14.2 Å². The Kier molecular flexibility index (Phi) is 12.3. The van der Waals surface area contributed by atoms with Gasteiger partial charge in [0.15, 0.2) is 5.96 Å². The summed E-state index contributed by atoms with van der Waals surface area (Å²) >= 11 is 0. The molecule has 1 aliphatic heterocycles. The molecule has 0 spiro atoms. The average molecular weight is 569 g/mol. The number of halogens is 1. The number of benzene rings is 2. The van der Waals surface area contributed by atoms with E-state index < -0.39 is 0 Å². The van der Waals surface area contributed by atoms with Crippen molar-refractivity contribution in [2.24, 2.45) is 4.99 Å². The van der Waals surface area contributed by atoms with Crippen molar-refractivity contribution in [2.45, 2.75) is 19.9 Å². The fourth-order valence-electron chi connectivity index (χ4n) is 3.69. The summed E-state index contributed by atoms with van der Waals surface area (Å²) in [4.78, 5) is 6.71. The third-order valence-corrected chi connectivity index (χ3v) is 5.48. The highest BCUT2D eigenvalue weighted by Crippen LogP contribution is 2.19. The van der Waals surface area contributed by atoms with Gasteiger partial charge in [-0.3, -0.25) is 9.89 Å². The molecule has 7 nitrogen and oxygen atoms in total. The van der Waals surface area contributed by atoms with E-state index in [0.717, 1.165) is 68.8 Å². The van der Waals surface area contributed by atoms with E-state index in [0.29, 0.717) is 13.2 Å². The Morgan fingerprint density at radius 1 is 1.12 bits per heavy atom.